The fourth-order valence-electron chi connectivity index (χ4n) is 3.45. The lowest BCUT2D eigenvalue weighted by atomic mass is 10.2. The highest BCUT2D eigenvalue weighted by Crippen LogP contribution is 2.30. The normalized spacial score (nSPS) is 10.8. The van der Waals surface area contributed by atoms with Crippen molar-refractivity contribution in [3.63, 3.8) is 0 Å². The van der Waals surface area contributed by atoms with Crippen LogP contribution in [0, 0.1) is 0 Å². The van der Waals surface area contributed by atoms with Crippen LogP contribution in [0.4, 0.5) is 0 Å². The Morgan fingerprint density at radius 1 is 0.825 bits per heavy atom. The van der Waals surface area contributed by atoms with Crippen molar-refractivity contribution in [2.75, 3.05) is 6.61 Å². The summed E-state index contributed by atoms with van der Waals surface area (Å²) in [6.07, 6.45) is 1.45. The predicted molar refractivity (Wildman–Crippen MR) is 156 cm³/mol. The molecule has 0 heterocycles. The number of carbonyl (C=O) groups excluding carboxylic acids is 2. The molecule has 0 bridgehead atoms. The van der Waals surface area contributed by atoms with Crippen molar-refractivity contribution in [3.8, 4) is 17.2 Å². The third kappa shape index (κ3) is 7.99. The number of esters is 1. The zero-order valence-electron chi connectivity index (χ0n) is 21.2. The van der Waals surface area contributed by atoms with Crippen LogP contribution in [-0.2, 0) is 6.61 Å². The maximum Gasteiger partial charge on any atom is 0.345 e. The molecule has 4 rings (SSSR count). The Morgan fingerprint density at radius 2 is 1.55 bits per heavy atom. The number of nitrogens with zero attached hydrogens (tertiary/aromatic N) is 1. The lowest BCUT2D eigenvalue weighted by Crippen LogP contribution is -2.17. The summed E-state index contributed by atoms with van der Waals surface area (Å²) in [7, 11) is 0. The fraction of sp³-hybridized carbons (Fsp3) is 0.100. The van der Waals surface area contributed by atoms with Crippen LogP contribution in [0.25, 0.3) is 0 Å². The van der Waals surface area contributed by atoms with Crippen LogP contribution >= 0.6 is 34.8 Å². The first-order chi connectivity index (χ1) is 19.3. The van der Waals surface area contributed by atoms with E-state index in [9.17, 15) is 9.59 Å². The van der Waals surface area contributed by atoms with E-state index in [-0.39, 0.29) is 16.3 Å². The standard InChI is InChI=1S/C30H23Cl3N2O5/c1-2-38-28-15-20(5-14-27(28)40-30(37)25-13-10-23(32)16-26(25)33)17-34-35-29(36)21-6-11-24(12-7-21)39-18-19-3-8-22(31)9-4-19/h3-17H,2,18H2,1H3,(H,35,36). The topological polar surface area (TPSA) is 86.2 Å². The monoisotopic (exact) mass is 596 g/mol. The number of ether oxygens (including phenoxy) is 3. The lowest BCUT2D eigenvalue weighted by Gasteiger charge is -2.12. The molecular formula is C30H23Cl3N2O5. The summed E-state index contributed by atoms with van der Waals surface area (Å²) in [6.45, 7) is 2.52. The average Bonchev–Trinajstić information content (AvgIpc) is 2.94. The molecule has 0 saturated carbocycles. The zero-order chi connectivity index (χ0) is 28.5. The van der Waals surface area contributed by atoms with E-state index in [2.05, 4.69) is 10.5 Å². The van der Waals surface area contributed by atoms with Crippen LogP contribution in [0.3, 0.4) is 0 Å². The van der Waals surface area contributed by atoms with Crippen LogP contribution in [-0.4, -0.2) is 24.7 Å². The Balaban J connectivity index is 1.35. The van der Waals surface area contributed by atoms with Gasteiger partial charge in [-0.3, -0.25) is 4.79 Å². The molecule has 40 heavy (non-hydrogen) atoms. The largest absolute Gasteiger partial charge is 0.490 e. The molecule has 1 N–H and O–H groups in total. The van der Waals surface area contributed by atoms with Gasteiger partial charge in [0.1, 0.15) is 12.4 Å². The van der Waals surface area contributed by atoms with Gasteiger partial charge in [-0.15, -0.1) is 0 Å². The van der Waals surface area contributed by atoms with Gasteiger partial charge in [-0.05, 0) is 90.8 Å². The zero-order valence-corrected chi connectivity index (χ0v) is 23.5. The van der Waals surface area contributed by atoms with E-state index < -0.39 is 11.9 Å². The van der Waals surface area contributed by atoms with Crippen LogP contribution in [0.2, 0.25) is 15.1 Å². The highest BCUT2D eigenvalue weighted by atomic mass is 35.5. The van der Waals surface area contributed by atoms with Crippen molar-refractivity contribution in [1.82, 2.24) is 5.43 Å². The second-order valence-electron chi connectivity index (χ2n) is 8.29. The molecule has 4 aromatic rings. The Morgan fingerprint density at radius 3 is 2.25 bits per heavy atom. The van der Waals surface area contributed by atoms with Crippen LogP contribution in [0.15, 0.2) is 90.0 Å². The molecule has 0 aliphatic heterocycles. The molecular weight excluding hydrogens is 575 g/mol. The highest BCUT2D eigenvalue weighted by Gasteiger charge is 2.16. The summed E-state index contributed by atoms with van der Waals surface area (Å²) in [5.41, 5.74) is 4.65. The molecule has 10 heteroatoms. The van der Waals surface area contributed by atoms with Crippen molar-refractivity contribution >= 4 is 52.9 Å². The molecule has 4 aromatic carbocycles. The SMILES string of the molecule is CCOc1cc(C=NNC(=O)c2ccc(OCc3ccc(Cl)cc3)cc2)ccc1OC(=O)c1ccc(Cl)cc1Cl. The molecule has 204 valence electrons. The van der Waals surface area contributed by atoms with Crippen molar-refractivity contribution in [1.29, 1.82) is 0 Å². The third-order valence-electron chi connectivity index (χ3n) is 5.44. The second-order valence-corrected chi connectivity index (χ2v) is 9.57. The maximum atomic E-state index is 12.6. The summed E-state index contributed by atoms with van der Waals surface area (Å²) >= 11 is 17.9. The first-order valence-electron chi connectivity index (χ1n) is 12.1. The number of rotatable bonds is 10. The van der Waals surface area contributed by atoms with E-state index in [1.165, 1.54) is 18.3 Å². The van der Waals surface area contributed by atoms with Crippen molar-refractivity contribution in [2.45, 2.75) is 13.5 Å². The van der Waals surface area contributed by atoms with Gasteiger partial charge in [-0.2, -0.15) is 5.10 Å². The number of halogens is 3. The second kappa shape index (κ2) is 13.8. The summed E-state index contributed by atoms with van der Waals surface area (Å²) in [5.74, 6) is 0.106. The minimum absolute atomic E-state index is 0.169. The smallest absolute Gasteiger partial charge is 0.345 e. The first kappa shape index (κ1) is 29.0. The van der Waals surface area contributed by atoms with Gasteiger partial charge in [-0.25, -0.2) is 10.2 Å². The van der Waals surface area contributed by atoms with E-state index in [0.29, 0.717) is 45.9 Å². The van der Waals surface area contributed by atoms with E-state index in [0.717, 1.165) is 5.56 Å². The van der Waals surface area contributed by atoms with Gasteiger partial charge in [0.05, 0.1) is 23.4 Å². The van der Waals surface area contributed by atoms with Gasteiger partial charge in [0.2, 0.25) is 0 Å². The van der Waals surface area contributed by atoms with Gasteiger partial charge in [0.15, 0.2) is 11.5 Å². The van der Waals surface area contributed by atoms with Crippen molar-refractivity contribution in [2.24, 2.45) is 5.10 Å². The lowest BCUT2D eigenvalue weighted by molar-refractivity contribution is 0.0728. The maximum absolute atomic E-state index is 12.6. The van der Waals surface area contributed by atoms with E-state index in [1.807, 2.05) is 12.1 Å². The molecule has 0 saturated heterocycles. The first-order valence-corrected chi connectivity index (χ1v) is 13.2. The van der Waals surface area contributed by atoms with Crippen LogP contribution in [0.1, 0.15) is 38.8 Å². The summed E-state index contributed by atoms with van der Waals surface area (Å²) in [4.78, 5) is 25.1. The van der Waals surface area contributed by atoms with E-state index >= 15 is 0 Å². The molecule has 0 aliphatic carbocycles. The molecule has 0 aromatic heterocycles. The highest BCUT2D eigenvalue weighted by molar-refractivity contribution is 6.36. The Labute approximate surface area is 246 Å². The number of benzene rings is 4. The minimum atomic E-state index is -0.655. The van der Waals surface area contributed by atoms with Crippen molar-refractivity contribution in [3.05, 3.63) is 122 Å². The molecule has 0 unspecified atom stereocenters. The molecule has 0 spiro atoms. The Kier molecular flexibility index (Phi) is 10.0. The number of hydrogen-bond acceptors (Lipinski definition) is 6. The Hall–Kier alpha value is -4.04. The number of amides is 1. The Bertz CT molecular complexity index is 1520. The van der Waals surface area contributed by atoms with Crippen LogP contribution < -0.4 is 19.6 Å². The summed E-state index contributed by atoms with van der Waals surface area (Å²) in [6, 6.07) is 23.4. The minimum Gasteiger partial charge on any atom is -0.490 e. The molecule has 7 nitrogen and oxygen atoms in total. The van der Waals surface area contributed by atoms with Gasteiger partial charge in [-0.1, -0.05) is 46.9 Å². The molecule has 0 fully saturated rings. The van der Waals surface area contributed by atoms with E-state index in [4.69, 9.17) is 49.0 Å². The third-order valence-corrected chi connectivity index (χ3v) is 6.24. The molecule has 1 amide bonds. The average molecular weight is 598 g/mol. The summed E-state index contributed by atoms with van der Waals surface area (Å²) < 4.78 is 16.9. The molecule has 0 atom stereocenters. The van der Waals surface area contributed by atoms with Gasteiger partial charge in [0, 0.05) is 15.6 Å². The van der Waals surface area contributed by atoms with Gasteiger partial charge in [0.25, 0.3) is 5.91 Å². The summed E-state index contributed by atoms with van der Waals surface area (Å²) in [5, 5.41) is 5.27. The number of nitrogens with one attached hydrogen (secondary N) is 1. The predicted octanol–water partition coefficient (Wildman–Crippen LogP) is 7.61. The quantitative estimate of drug-likeness (QED) is 0.0880. The fourth-order valence-corrected chi connectivity index (χ4v) is 4.06. The molecule has 0 radical (unpaired) electrons. The van der Waals surface area contributed by atoms with Gasteiger partial charge >= 0.3 is 5.97 Å². The molecule has 0 aliphatic rings. The van der Waals surface area contributed by atoms with Gasteiger partial charge < -0.3 is 14.2 Å². The van der Waals surface area contributed by atoms with Crippen molar-refractivity contribution < 1.29 is 23.8 Å². The number of carbonyl (C=O) groups is 2. The van der Waals surface area contributed by atoms with E-state index in [1.54, 1.807) is 67.6 Å². The number of hydrazone groups is 1. The number of hydrogen-bond donors (Lipinski definition) is 1. The van der Waals surface area contributed by atoms with Crippen LogP contribution in [0.5, 0.6) is 17.2 Å².